The third-order valence-electron chi connectivity index (χ3n) is 1.21. The van der Waals surface area contributed by atoms with Crippen molar-refractivity contribution >= 4 is 5.97 Å². The van der Waals surface area contributed by atoms with Gasteiger partial charge in [-0.15, -0.1) is 0 Å². The number of carboxylic acid groups (broad SMARTS) is 1. The number of aryl methyl sites for hydroxylation is 1. The number of hydrogen-bond donors (Lipinski definition) is 2. The lowest BCUT2D eigenvalue weighted by Gasteiger charge is -1.84. The maximum atomic E-state index is 11.7. The van der Waals surface area contributed by atoms with Crippen LogP contribution in [0.25, 0.3) is 0 Å². The Bertz CT molecular complexity index is 259. The Kier molecular flexibility index (Phi) is 2.20. The molecule has 0 radical (unpaired) electrons. The number of halogens is 1. The highest BCUT2D eigenvalue weighted by atomic mass is 19.1. The Labute approximate surface area is 62.0 Å². The highest BCUT2D eigenvalue weighted by molar-refractivity contribution is 5.85. The van der Waals surface area contributed by atoms with Gasteiger partial charge in [-0.1, -0.05) is 0 Å². The summed E-state index contributed by atoms with van der Waals surface area (Å²) in [5.41, 5.74) is 0.429. The molecule has 1 aromatic heterocycles. The van der Waals surface area contributed by atoms with Crippen molar-refractivity contribution in [1.82, 2.24) is 10.2 Å². The highest BCUT2D eigenvalue weighted by Gasteiger charge is 2.06. The molecule has 0 saturated heterocycles. The number of aromatic nitrogens is 2. The van der Waals surface area contributed by atoms with Crippen LogP contribution in [0.2, 0.25) is 0 Å². The molecule has 5 heteroatoms. The second kappa shape index (κ2) is 3.14. The van der Waals surface area contributed by atoms with Gasteiger partial charge in [-0.05, 0) is 6.07 Å². The van der Waals surface area contributed by atoms with E-state index in [0.29, 0.717) is 5.69 Å². The summed E-state index contributed by atoms with van der Waals surface area (Å²) >= 11 is 0. The minimum atomic E-state index is -1.11. The second-order valence-electron chi connectivity index (χ2n) is 2.02. The maximum Gasteiger partial charge on any atom is 0.356 e. The molecule has 11 heavy (non-hydrogen) atoms. The maximum absolute atomic E-state index is 11.7. The molecule has 0 unspecified atom stereocenters. The number of alkyl halides is 1. The van der Waals surface area contributed by atoms with E-state index in [0.717, 1.165) is 0 Å². The number of aromatic amines is 1. The topological polar surface area (TPSA) is 66.0 Å². The number of H-pyrrole nitrogens is 1. The molecule has 0 saturated carbocycles. The zero-order valence-electron chi connectivity index (χ0n) is 5.67. The van der Waals surface area contributed by atoms with E-state index < -0.39 is 12.6 Å². The van der Waals surface area contributed by atoms with Crippen LogP contribution in [0.5, 0.6) is 0 Å². The fourth-order valence-electron chi connectivity index (χ4n) is 0.701. The fraction of sp³-hybridized carbons (Fsp3) is 0.333. The molecule has 0 aliphatic heterocycles. The van der Waals surface area contributed by atoms with E-state index in [1.54, 1.807) is 0 Å². The fourth-order valence-corrected chi connectivity index (χ4v) is 0.701. The number of hydrogen-bond acceptors (Lipinski definition) is 2. The van der Waals surface area contributed by atoms with Crippen LogP contribution in [0.1, 0.15) is 16.2 Å². The highest BCUT2D eigenvalue weighted by Crippen LogP contribution is 2.00. The Hall–Kier alpha value is -1.39. The minimum Gasteiger partial charge on any atom is -0.476 e. The summed E-state index contributed by atoms with van der Waals surface area (Å²) in [7, 11) is 0. The summed E-state index contributed by atoms with van der Waals surface area (Å²) in [6.07, 6.45) is 0.181. The minimum absolute atomic E-state index is 0.0755. The first-order chi connectivity index (χ1) is 5.24. The van der Waals surface area contributed by atoms with Crippen LogP contribution in [-0.2, 0) is 6.42 Å². The van der Waals surface area contributed by atoms with E-state index in [-0.39, 0.29) is 12.1 Å². The van der Waals surface area contributed by atoms with Gasteiger partial charge in [0.15, 0.2) is 5.69 Å². The summed E-state index contributed by atoms with van der Waals surface area (Å²) in [6, 6.07) is 1.32. The van der Waals surface area contributed by atoms with Gasteiger partial charge in [-0.2, -0.15) is 5.10 Å². The molecule has 60 valence electrons. The number of nitrogens with one attached hydrogen (secondary N) is 1. The van der Waals surface area contributed by atoms with Crippen LogP contribution in [-0.4, -0.2) is 27.9 Å². The van der Waals surface area contributed by atoms with Crippen LogP contribution in [0.4, 0.5) is 4.39 Å². The van der Waals surface area contributed by atoms with Crippen LogP contribution in [0, 0.1) is 0 Å². The largest absolute Gasteiger partial charge is 0.476 e. The number of aromatic carboxylic acids is 1. The molecule has 0 aliphatic carbocycles. The first kappa shape index (κ1) is 7.71. The lowest BCUT2D eigenvalue weighted by atomic mass is 10.3. The monoisotopic (exact) mass is 158 g/mol. The van der Waals surface area contributed by atoms with Crippen LogP contribution in [0.3, 0.4) is 0 Å². The zero-order valence-corrected chi connectivity index (χ0v) is 5.67. The van der Waals surface area contributed by atoms with E-state index in [1.165, 1.54) is 6.07 Å². The van der Waals surface area contributed by atoms with Crippen molar-refractivity contribution in [3.63, 3.8) is 0 Å². The summed E-state index contributed by atoms with van der Waals surface area (Å²) in [6.45, 7) is -0.513. The van der Waals surface area contributed by atoms with Gasteiger partial charge in [-0.3, -0.25) is 9.49 Å². The van der Waals surface area contributed by atoms with Crippen molar-refractivity contribution in [3.05, 3.63) is 17.5 Å². The summed E-state index contributed by atoms with van der Waals surface area (Å²) in [5.74, 6) is -1.11. The van der Waals surface area contributed by atoms with Crippen LogP contribution >= 0.6 is 0 Å². The van der Waals surface area contributed by atoms with Crippen molar-refractivity contribution in [1.29, 1.82) is 0 Å². The van der Waals surface area contributed by atoms with Gasteiger partial charge in [0.25, 0.3) is 0 Å². The average molecular weight is 158 g/mol. The first-order valence-electron chi connectivity index (χ1n) is 3.07. The molecule has 1 aromatic rings. The first-order valence-corrected chi connectivity index (χ1v) is 3.07. The summed E-state index contributed by atoms with van der Waals surface area (Å²) < 4.78 is 11.7. The Morgan fingerprint density at radius 3 is 3.00 bits per heavy atom. The van der Waals surface area contributed by atoms with Gasteiger partial charge in [-0.25, -0.2) is 4.79 Å². The van der Waals surface area contributed by atoms with Gasteiger partial charge >= 0.3 is 5.97 Å². The molecule has 0 bridgehead atoms. The molecule has 0 aromatic carbocycles. The van der Waals surface area contributed by atoms with Crippen LogP contribution < -0.4 is 0 Å². The summed E-state index contributed by atoms with van der Waals surface area (Å²) in [4.78, 5) is 10.2. The molecule has 0 atom stereocenters. The van der Waals surface area contributed by atoms with Crippen molar-refractivity contribution in [2.75, 3.05) is 6.67 Å². The molecule has 0 spiro atoms. The third kappa shape index (κ3) is 1.76. The van der Waals surface area contributed by atoms with Gasteiger partial charge in [0, 0.05) is 12.1 Å². The van der Waals surface area contributed by atoms with Crippen molar-refractivity contribution in [2.45, 2.75) is 6.42 Å². The Balaban J connectivity index is 2.73. The normalized spacial score (nSPS) is 9.91. The smallest absolute Gasteiger partial charge is 0.356 e. The SMILES string of the molecule is O=C(O)c1cc(CCF)[nH]n1. The molecule has 2 N–H and O–H groups in total. The predicted octanol–water partition coefficient (Wildman–Crippen LogP) is 0.620. The van der Waals surface area contributed by atoms with E-state index in [4.69, 9.17) is 5.11 Å². The van der Waals surface area contributed by atoms with Crippen molar-refractivity contribution < 1.29 is 14.3 Å². The van der Waals surface area contributed by atoms with Gasteiger partial charge in [0.1, 0.15) is 0 Å². The van der Waals surface area contributed by atoms with Crippen molar-refractivity contribution in [3.8, 4) is 0 Å². The molecule has 0 fully saturated rings. The average Bonchev–Trinajstić information content (AvgIpc) is 2.37. The van der Waals surface area contributed by atoms with Gasteiger partial charge in [0.05, 0.1) is 6.67 Å². The molecule has 1 rings (SSSR count). The number of carbonyl (C=O) groups is 1. The number of rotatable bonds is 3. The van der Waals surface area contributed by atoms with Gasteiger partial charge in [0.2, 0.25) is 0 Å². The predicted molar refractivity (Wildman–Crippen MR) is 35.2 cm³/mol. The molecule has 4 nitrogen and oxygen atoms in total. The van der Waals surface area contributed by atoms with Gasteiger partial charge < -0.3 is 5.11 Å². The van der Waals surface area contributed by atoms with E-state index in [2.05, 4.69) is 10.2 Å². The Morgan fingerprint density at radius 1 is 1.82 bits per heavy atom. The Morgan fingerprint density at radius 2 is 2.55 bits per heavy atom. The third-order valence-corrected chi connectivity index (χ3v) is 1.21. The van der Waals surface area contributed by atoms with E-state index >= 15 is 0 Å². The standard InChI is InChI=1S/C6H7FN2O2/c7-2-1-4-3-5(6(10)11)9-8-4/h3H,1-2H2,(H,8,9)(H,10,11). The second-order valence-corrected chi connectivity index (χ2v) is 2.02. The lowest BCUT2D eigenvalue weighted by Crippen LogP contribution is -1.95. The van der Waals surface area contributed by atoms with Crippen molar-refractivity contribution in [2.24, 2.45) is 0 Å². The molecule has 1 heterocycles. The van der Waals surface area contributed by atoms with E-state index in [1.807, 2.05) is 0 Å². The molecular weight excluding hydrogens is 151 g/mol. The zero-order chi connectivity index (χ0) is 8.27. The lowest BCUT2D eigenvalue weighted by molar-refractivity contribution is 0.0690. The quantitative estimate of drug-likeness (QED) is 0.677. The summed E-state index contributed by atoms with van der Waals surface area (Å²) in [5, 5.41) is 14.3. The molecule has 0 aliphatic rings. The number of carboxylic acids is 1. The van der Waals surface area contributed by atoms with Crippen LogP contribution in [0.15, 0.2) is 6.07 Å². The van der Waals surface area contributed by atoms with E-state index in [9.17, 15) is 9.18 Å². The molecular formula is C6H7FN2O2. The molecule has 0 amide bonds. The number of nitrogens with zero attached hydrogens (tertiary/aromatic N) is 1.